The fraction of sp³-hybridized carbons (Fsp3) is 0.458. The van der Waals surface area contributed by atoms with Gasteiger partial charge in [-0.25, -0.2) is 0 Å². The number of likely N-dealkylation sites (tertiary alicyclic amines) is 1. The van der Waals surface area contributed by atoms with E-state index in [1.165, 1.54) is 31.5 Å². The monoisotopic (exact) mass is 408 g/mol. The first kappa shape index (κ1) is 20.7. The van der Waals surface area contributed by atoms with E-state index < -0.39 is 0 Å². The average Bonchev–Trinajstić information content (AvgIpc) is 3.29. The van der Waals surface area contributed by atoms with Gasteiger partial charge < -0.3 is 15.0 Å². The van der Waals surface area contributed by atoms with Gasteiger partial charge in [0.1, 0.15) is 5.75 Å². The van der Waals surface area contributed by atoms with Crippen LogP contribution in [0.15, 0.2) is 48.5 Å². The molecule has 1 amide bonds. The summed E-state index contributed by atoms with van der Waals surface area (Å²) in [5.74, 6) is 0.949. The van der Waals surface area contributed by atoms with Crippen LogP contribution in [-0.2, 0) is 11.3 Å². The van der Waals surface area contributed by atoms with Crippen molar-refractivity contribution in [1.82, 2.24) is 9.80 Å². The van der Waals surface area contributed by atoms with Crippen LogP contribution in [-0.4, -0.2) is 68.6 Å². The molecule has 0 unspecified atom stereocenters. The van der Waals surface area contributed by atoms with Gasteiger partial charge in [-0.05, 0) is 55.8 Å². The van der Waals surface area contributed by atoms with Gasteiger partial charge in [-0.1, -0.05) is 24.3 Å². The summed E-state index contributed by atoms with van der Waals surface area (Å²) in [6.07, 6.45) is 2.61. The largest absolute Gasteiger partial charge is 0.495 e. The van der Waals surface area contributed by atoms with Crippen LogP contribution in [0.4, 0.5) is 11.4 Å². The van der Waals surface area contributed by atoms with Crippen LogP contribution in [0.5, 0.6) is 5.75 Å². The van der Waals surface area contributed by atoms with Crippen LogP contribution >= 0.6 is 0 Å². The molecule has 1 N–H and O–H groups in total. The molecule has 2 heterocycles. The van der Waals surface area contributed by atoms with Crippen molar-refractivity contribution in [1.29, 1.82) is 0 Å². The van der Waals surface area contributed by atoms with Crippen molar-refractivity contribution in [2.24, 2.45) is 0 Å². The lowest BCUT2D eigenvalue weighted by Gasteiger charge is -2.36. The zero-order valence-electron chi connectivity index (χ0n) is 17.8. The van der Waals surface area contributed by atoms with E-state index in [-0.39, 0.29) is 5.91 Å². The van der Waals surface area contributed by atoms with Crippen LogP contribution in [0.1, 0.15) is 18.4 Å². The van der Waals surface area contributed by atoms with Crippen LogP contribution in [0.2, 0.25) is 0 Å². The van der Waals surface area contributed by atoms with Gasteiger partial charge in [0.15, 0.2) is 0 Å². The van der Waals surface area contributed by atoms with Gasteiger partial charge >= 0.3 is 0 Å². The number of hydrogen-bond donors (Lipinski definition) is 1. The van der Waals surface area contributed by atoms with Gasteiger partial charge in [0, 0.05) is 38.4 Å². The maximum Gasteiger partial charge on any atom is 0.238 e. The van der Waals surface area contributed by atoms with Gasteiger partial charge in [-0.3, -0.25) is 14.6 Å². The molecule has 2 fully saturated rings. The summed E-state index contributed by atoms with van der Waals surface area (Å²) < 4.78 is 5.48. The number of nitrogens with zero attached hydrogens (tertiary/aromatic N) is 3. The van der Waals surface area contributed by atoms with Crippen LogP contribution < -0.4 is 15.0 Å². The number of carbonyl (C=O) groups excluding carboxylic acids is 1. The van der Waals surface area contributed by atoms with Crippen LogP contribution in [0, 0.1) is 0 Å². The van der Waals surface area contributed by atoms with Crippen molar-refractivity contribution in [3.8, 4) is 5.75 Å². The Hall–Kier alpha value is -2.57. The number of hydrogen-bond acceptors (Lipinski definition) is 5. The Kier molecular flexibility index (Phi) is 6.87. The van der Waals surface area contributed by atoms with Gasteiger partial charge in [0.2, 0.25) is 5.91 Å². The molecule has 6 nitrogen and oxygen atoms in total. The van der Waals surface area contributed by atoms with Gasteiger partial charge in [-0.15, -0.1) is 0 Å². The third-order valence-corrected chi connectivity index (χ3v) is 6.01. The molecule has 0 radical (unpaired) electrons. The highest BCUT2D eigenvalue weighted by atomic mass is 16.5. The molecule has 0 aromatic heterocycles. The summed E-state index contributed by atoms with van der Waals surface area (Å²) in [7, 11) is 1.71. The van der Waals surface area contributed by atoms with Crippen LogP contribution in [0.3, 0.4) is 0 Å². The van der Waals surface area contributed by atoms with Crippen molar-refractivity contribution in [2.45, 2.75) is 19.4 Å². The second-order valence-corrected chi connectivity index (χ2v) is 8.16. The Morgan fingerprint density at radius 3 is 2.30 bits per heavy atom. The van der Waals surface area contributed by atoms with E-state index in [1.54, 1.807) is 7.11 Å². The Labute approximate surface area is 179 Å². The number of rotatable bonds is 7. The summed E-state index contributed by atoms with van der Waals surface area (Å²) >= 11 is 0. The molecule has 30 heavy (non-hydrogen) atoms. The zero-order chi connectivity index (χ0) is 20.8. The minimum absolute atomic E-state index is 0.0491. The predicted molar refractivity (Wildman–Crippen MR) is 121 cm³/mol. The van der Waals surface area contributed by atoms with E-state index in [4.69, 9.17) is 4.74 Å². The third kappa shape index (κ3) is 5.32. The fourth-order valence-electron chi connectivity index (χ4n) is 4.33. The summed E-state index contributed by atoms with van der Waals surface area (Å²) in [5, 5.41) is 3.04. The lowest BCUT2D eigenvalue weighted by molar-refractivity contribution is -0.117. The van der Waals surface area contributed by atoms with E-state index in [1.807, 2.05) is 30.3 Å². The Bertz CT molecular complexity index is 825. The standard InChI is InChI=1S/C24H32N4O2/c1-30-23-7-3-2-6-22(23)28-16-14-27(15-17-28)19-24(29)25-21-10-8-20(9-11-21)18-26-12-4-5-13-26/h2-3,6-11H,4-5,12-19H2,1H3,(H,25,29). The first-order valence-electron chi connectivity index (χ1n) is 10.9. The van der Waals surface area contributed by atoms with Crippen LogP contribution in [0.25, 0.3) is 0 Å². The van der Waals surface area contributed by atoms with Crippen molar-refractivity contribution in [2.75, 3.05) is 63.1 Å². The molecule has 2 aliphatic heterocycles. The number of ether oxygens (including phenoxy) is 1. The minimum Gasteiger partial charge on any atom is -0.495 e. The molecular weight excluding hydrogens is 376 g/mol. The number of methoxy groups -OCH3 is 1. The second kappa shape index (κ2) is 9.96. The Morgan fingerprint density at radius 1 is 0.900 bits per heavy atom. The van der Waals surface area contributed by atoms with Crippen molar-refractivity contribution in [3.05, 3.63) is 54.1 Å². The number of para-hydroxylation sites is 2. The van der Waals surface area contributed by atoms with E-state index >= 15 is 0 Å². The molecule has 0 atom stereocenters. The number of carbonyl (C=O) groups is 1. The molecule has 2 saturated heterocycles. The maximum atomic E-state index is 12.5. The molecule has 6 heteroatoms. The molecule has 0 bridgehead atoms. The molecule has 2 aliphatic rings. The molecule has 0 saturated carbocycles. The van der Waals surface area contributed by atoms with E-state index in [9.17, 15) is 4.79 Å². The maximum absolute atomic E-state index is 12.5. The van der Waals surface area contributed by atoms with Crippen molar-refractivity contribution >= 4 is 17.3 Å². The van der Waals surface area contributed by atoms with Gasteiger partial charge in [0.05, 0.1) is 19.3 Å². The van der Waals surface area contributed by atoms with E-state index in [0.29, 0.717) is 6.54 Å². The van der Waals surface area contributed by atoms with Crippen molar-refractivity contribution < 1.29 is 9.53 Å². The smallest absolute Gasteiger partial charge is 0.238 e. The lowest BCUT2D eigenvalue weighted by atomic mass is 10.2. The summed E-state index contributed by atoms with van der Waals surface area (Å²) in [6.45, 7) is 7.32. The normalized spacial score (nSPS) is 17.8. The number of anilines is 2. The average molecular weight is 409 g/mol. The van der Waals surface area contributed by atoms with E-state index in [0.717, 1.165) is 49.8 Å². The molecule has 4 rings (SSSR count). The zero-order valence-corrected chi connectivity index (χ0v) is 17.8. The fourth-order valence-corrected chi connectivity index (χ4v) is 4.33. The molecule has 0 aliphatic carbocycles. The topological polar surface area (TPSA) is 48.1 Å². The molecule has 160 valence electrons. The number of nitrogens with one attached hydrogen (secondary N) is 1. The second-order valence-electron chi connectivity index (χ2n) is 8.16. The molecular formula is C24H32N4O2. The molecule has 2 aromatic rings. The molecule has 2 aromatic carbocycles. The number of benzene rings is 2. The molecule has 0 spiro atoms. The predicted octanol–water partition coefficient (Wildman–Crippen LogP) is 3.05. The third-order valence-electron chi connectivity index (χ3n) is 6.01. The van der Waals surface area contributed by atoms with Gasteiger partial charge in [-0.2, -0.15) is 0 Å². The summed E-state index contributed by atoms with van der Waals surface area (Å²) in [4.78, 5) is 19.5. The SMILES string of the molecule is COc1ccccc1N1CCN(CC(=O)Nc2ccc(CN3CCCC3)cc2)CC1. The summed E-state index contributed by atoms with van der Waals surface area (Å²) in [6, 6.07) is 16.4. The summed E-state index contributed by atoms with van der Waals surface area (Å²) in [5.41, 5.74) is 3.30. The highest BCUT2D eigenvalue weighted by Crippen LogP contribution is 2.28. The highest BCUT2D eigenvalue weighted by Gasteiger charge is 2.21. The highest BCUT2D eigenvalue weighted by molar-refractivity contribution is 5.92. The number of piperazine rings is 1. The van der Waals surface area contributed by atoms with Crippen molar-refractivity contribution in [3.63, 3.8) is 0 Å². The quantitative estimate of drug-likeness (QED) is 0.763. The Balaban J connectivity index is 1.23. The minimum atomic E-state index is 0.0491. The lowest BCUT2D eigenvalue weighted by Crippen LogP contribution is -2.48. The Morgan fingerprint density at radius 2 is 1.60 bits per heavy atom. The van der Waals surface area contributed by atoms with E-state index in [2.05, 4.69) is 38.2 Å². The van der Waals surface area contributed by atoms with Gasteiger partial charge in [0.25, 0.3) is 0 Å². The first-order valence-corrected chi connectivity index (χ1v) is 10.9. The number of amides is 1. The first-order chi connectivity index (χ1) is 14.7.